The Morgan fingerprint density at radius 1 is 0.609 bits per heavy atom. The molecule has 0 spiro atoms. The van der Waals surface area contributed by atoms with E-state index in [4.69, 9.17) is 54.1 Å². The Hall–Kier alpha value is -8.93. The minimum Gasteiger partial charge on any atom is -0.496 e. The highest BCUT2D eigenvalue weighted by Crippen LogP contribution is 2.49. The molecule has 9 heterocycles. The topological polar surface area (TPSA) is 256 Å². The molecule has 92 heavy (non-hydrogen) atoms. The number of fused-ring (bicyclic) bond motifs is 9. The first-order chi connectivity index (χ1) is 44.8. The van der Waals surface area contributed by atoms with Crippen molar-refractivity contribution in [3.63, 3.8) is 0 Å². The first-order valence-electron chi connectivity index (χ1n) is 30.8. The van der Waals surface area contributed by atoms with Gasteiger partial charge in [-0.15, -0.1) is 22.7 Å². The van der Waals surface area contributed by atoms with Gasteiger partial charge in [0.15, 0.2) is 0 Å². The number of H-pyrrole nitrogens is 3. The van der Waals surface area contributed by atoms with Crippen molar-refractivity contribution in [2.24, 2.45) is 5.73 Å². The summed E-state index contributed by atoms with van der Waals surface area (Å²) in [5.74, 6) is 2.00. The van der Waals surface area contributed by atoms with Gasteiger partial charge in [-0.3, -0.25) is 19.4 Å². The molecule has 3 aromatic carbocycles. The number of hydrogen-bond donors (Lipinski definition) is 6. The second-order valence-electron chi connectivity index (χ2n) is 23.7. The van der Waals surface area contributed by atoms with Crippen molar-refractivity contribution in [2.45, 2.75) is 70.4 Å². The third kappa shape index (κ3) is 11.3. The fourth-order valence-corrected chi connectivity index (χ4v) is 14.7. The molecule has 1 fully saturated rings. The Bertz CT molecular complexity index is 4960. The number of nitrogens with one attached hydrogen (secondary N) is 5. The molecule has 0 aliphatic heterocycles. The van der Waals surface area contributed by atoms with Gasteiger partial charge in [0.1, 0.15) is 15.1 Å². The van der Waals surface area contributed by atoms with E-state index < -0.39 is 0 Å². The van der Waals surface area contributed by atoms with Gasteiger partial charge in [0.25, 0.3) is 16.7 Å². The Balaban J connectivity index is 0.771. The van der Waals surface area contributed by atoms with E-state index in [1.165, 1.54) is 22.7 Å². The molecule has 1 saturated carbocycles. The van der Waals surface area contributed by atoms with E-state index in [0.717, 1.165) is 94.9 Å². The monoisotopic (exact) mass is 1270 g/mol. The Morgan fingerprint density at radius 2 is 1.21 bits per heavy atom. The molecule has 0 radical (unpaired) electrons. The van der Waals surface area contributed by atoms with E-state index in [-0.39, 0.29) is 33.9 Å². The molecule has 19 nitrogen and oxygen atoms in total. The van der Waals surface area contributed by atoms with E-state index in [1.54, 1.807) is 41.6 Å². The maximum absolute atomic E-state index is 14.2. The molecule has 12 aromatic rings. The standard InChI is InChI=1S/C71H72N10O9S2/c1-37(31-72)40-12-16-43(17-13-40)54-59-48-30-45(22-26-90-28-27-85-4)92-64(48)67(84)81-62(59)49(77-70(54)89-8)34-73-32-38(2)41-14-18-42(19-15-41)53-57-46-10-9-11-51(86-5)56(46)65(82)80-61(57)50(78-69(53)88-7)35-74-36-71(24-25-71)52-21-20-44(33-75-52)55-58-47-23-29-91-63(47)66(83)79-60(58)39(3)76-68(55)87-6/h9-21,23,29-30,33,37-38,73-74H,22,24-28,31-32,34-36,72H2,1-8H3,(H,79,83)(H,80,82)(H,81,84). The fraction of sp³-hybridized carbons (Fsp3) is 0.310. The average molecular weight is 1270 g/mol. The number of pyridine rings is 7. The number of aromatic amines is 3. The van der Waals surface area contributed by atoms with Crippen molar-refractivity contribution in [1.29, 1.82) is 0 Å². The van der Waals surface area contributed by atoms with Gasteiger partial charge in [0.2, 0.25) is 17.6 Å². The molecule has 7 N–H and O–H groups in total. The number of methoxy groups -OCH3 is 5. The number of aromatic nitrogens is 7. The summed E-state index contributed by atoms with van der Waals surface area (Å²) in [6.45, 7) is 10.0. The number of ether oxygens (including phenoxy) is 6. The van der Waals surface area contributed by atoms with Crippen LogP contribution in [0, 0.1) is 6.92 Å². The van der Waals surface area contributed by atoms with Crippen molar-refractivity contribution in [1.82, 2.24) is 45.5 Å². The van der Waals surface area contributed by atoms with Gasteiger partial charge < -0.3 is 59.7 Å². The maximum atomic E-state index is 14.2. The molecule has 1 aliphatic carbocycles. The van der Waals surface area contributed by atoms with Crippen molar-refractivity contribution in [2.75, 3.05) is 75.0 Å². The van der Waals surface area contributed by atoms with Crippen LogP contribution in [0.1, 0.15) is 77.3 Å². The number of nitrogens with zero attached hydrogens (tertiary/aromatic N) is 4. The SMILES string of the molecule is COCCOCCc1cc2c(s1)c(=O)[nH]c1c(CNCC(C)c3ccc(-c4c(OC)nc(CNCC5(c6ccc(-c7c(OC)nc(C)c8[nH]c(=O)c9sccc9c78)cn6)CC5)c5[nH]c(=O)c6c(OC)cccc6c45)cc3)nc(OC)c(-c3ccc(C(C)CN)cc3)c12. The number of nitrogens with two attached hydrogens (primary N) is 1. The largest absolute Gasteiger partial charge is 0.496 e. The lowest BCUT2D eigenvalue weighted by atomic mass is 9.93. The second-order valence-corrected chi connectivity index (χ2v) is 25.7. The minimum atomic E-state index is -0.292. The van der Waals surface area contributed by atoms with Gasteiger partial charge in [-0.25, -0.2) is 15.0 Å². The van der Waals surface area contributed by atoms with Gasteiger partial charge in [-0.05, 0) is 90.0 Å². The van der Waals surface area contributed by atoms with Crippen LogP contribution in [0.15, 0.2) is 117 Å². The lowest BCUT2D eigenvalue weighted by molar-refractivity contribution is 0.0725. The van der Waals surface area contributed by atoms with Crippen molar-refractivity contribution < 1.29 is 28.4 Å². The normalized spacial score (nSPS) is 13.7. The Morgan fingerprint density at radius 3 is 1.84 bits per heavy atom. The van der Waals surface area contributed by atoms with Crippen LogP contribution >= 0.6 is 22.7 Å². The molecule has 2 atom stereocenters. The Kier molecular flexibility index (Phi) is 17.5. The average Bonchev–Trinajstić information content (AvgIpc) is 1.19. The first kappa shape index (κ1) is 61.9. The molecule has 472 valence electrons. The summed E-state index contributed by atoms with van der Waals surface area (Å²) in [5, 5.41) is 14.6. The number of aryl methyl sites for hydroxylation is 1. The Labute approximate surface area is 537 Å². The zero-order valence-electron chi connectivity index (χ0n) is 52.6. The summed E-state index contributed by atoms with van der Waals surface area (Å²) in [4.78, 5) is 72.0. The molecule has 21 heteroatoms. The number of benzene rings is 3. The van der Waals surface area contributed by atoms with Gasteiger partial charge in [-0.2, -0.15) is 0 Å². The van der Waals surface area contributed by atoms with E-state index in [0.29, 0.717) is 136 Å². The fourth-order valence-electron chi connectivity index (χ4n) is 12.9. The molecular weight excluding hydrogens is 1200 g/mol. The summed E-state index contributed by atoms with van der Waals surface area (Å²) in [5.41, 5.74) is 17.1. The summed E-state index contributed by atoms with van der Waals surface area (Å²) in [6.07, 6.45) is 4.38. The third-order valence-electron chi connectivity index (χ3n) is 18.0. The van der Waals surface area contributed by atoms with Crippen LogP contribution in [-0.4, -0.2) is 110 Å². The lowest BCUT2D eigenvalue weighted by Crippen LogP contribution is -2.28. The molecule has 0 saturated heterocycles. The van der Waals surface area contributed by atoms with Crippen LogP contribution in [0.25, 0.3) is 97.0 Å². The summed E-state index contributed by atoms with van der Waals surface area (Å²) in [6, 6.07) is 30.6. The van der Waals surface area contributed by atoms with Gasteiger partial charge >= 0.3 is 0 Å². The van der Waals surface area contributed by atoms with E-state index in [1.807, 2.05) is 36.7 Å². The molecule has 0 amide bonds. The van der Waals surface area contributed by atoms with E-state index in [9.17, 15) is 14.4 Å². The summed E-state index contributed by atoms with van der Waals surface area (Å²) in [7, 11) is 8.07. The van der Waals surface area contributed by atoms with Crippen LogP contribution in [0.3, 0.4) is 0 Å². The number of hydrogen-bond acceptors (Lipinski definition) is 18. The van der Waals surface area contributed by atoms with Gasteiger partial charge in [0.05, 0.1) is 104 Å². The predicted molar refractivity (Wildman–Crippen MR) is 367 cm³/mol. The molecule has 1 aliphatic rings. The highest BCUT2D eigenvalue weighted by Gasteiger charge is 2.45. The predicted octanol–water partition coefficient (Wildman–Crippen LogP) is 11.7. The molecular formula is C71H72N10O9S2. The van der Waals surface area contributed by atoms with E-state index in [2.05, 4.69) is 106 Å². The van der Waals surface area contributed by atoms with Crippen molar-refractivity contribution in [3.05, 3.63) is 172 Å². The molecule has 13 rings (SSSR count). The zero-order chi connectivity index (χ0) is 63.9. The number of rotatable bonds is 25. The smallest absolute Gasteiger partial charge is 0.266 e. The highest BCUT2D eigenvalue weighted by molar-refractivity contribution is 7.19. The highest BCUT2D eigenvalue weighted by atomic mass is 32.1. The van der Waals surface area contributed by atoms with Crippen LogP contribution in [-0.2, 0) is 34.4 Å². The van der Waals surface area contributed by atoms with Crippen LogP contribution in [0.2, 0.25) is 0 Å². The number of thiophene rings is 2. The van der Waals surface area contributed by atoms with Gasteiger partial charge in [-0.1, -0.05) is 80.6 Å². The van der Waals surface area contributed by atoms with E-state index >= 15 is 0 Å². The maximum Gasteiger partial charge on any atom is 0.266 e. The summed E-state index contributed by atoms with van der Waals surface area (Å²) < 4.78 is 36.3. The second kappa shape index (κ2) is 26.0. The minimum absolute atomic E-state index is 0.0385. The first-order valence-corrected chi connectivity index (χ1v) is 32.5. The van der Waals surface area contributed by atoms with Crippen LogP contribution < -0.4 is 52.0 Å². The molecule has 2 unspecified atom stereocenters. The third-order valence-corrected chi connectivity index (χ3v) is 20.1. The lowest BCUT2D eigenvalue weighted by Gasteiger charge is -2.20. The van der Waals surface area contributed by atoms with Gasteiger partial charge in [0, 0.05) is 99.8 Å². The quantitative estimate of drug-likeness (QED) is 0.0230. The molecule has 0 bridgehead atoms. The molecule has 9 aromatic heterocycles. The van der Waals surface area contributed by atoms with Crippen LogP contribution in [0.4, 0.5) is 0 Å². The van der Waals surface area contributed by atoms with Crippen LogP contribution in [0.5, 0.6) is 23.4 Å². The van der Waals surface area contributed by atoms with Crippen molar-refractivity contribution in [3.8, 4) is 56.8 Å². The zero-order valence-corrected chi connectivity index (χ0v) is 54.2. The van der Waals surface area contributed by atoms with Crippen molar-refractivity contribution >= 4 is 86.3 Å². The summed E-state index contributed by atoms with van der Waals surface area (Å²) >= 11 is 2.88.